The average Bonchev–Trinajstić information content (AvgIpc) is 2.79. The van der Waals surface area contributed by atoms with Gasteiger partial charge in [0.15, 0.2) is 0 Å². The lowest BCUT2D eigenvalue weighted by atomic mass is 10.2. The molecule has 0 bridgehead atoms. The van der Waals surface area contributed by atoms with E-state index in [1.54, 1.807) is 7.11 Å². The van der Waals surface area contributed by atoms with Crippen LogP contribution in [0.15, 0.2) is 48.5 Å². The second-order valence-electron chi connectivity index (χ2n) is 4.73. The number of methoxy groups -OCH3 is 1. The molecule has 0 saturated heterocycles. The zero-order chi connectivity index (χ0) is 14.8. The van der Waals surface area contributed by atoms with Crippen molar-refractivity contribution in [1.82, 2.24) is 4.57 Å². The second kappa shape index (κ2) is 5.51. The van der Waals surface area contributed by atoms with Crippen LogP contribution >= 0.6 is 11.6 Å². The third kappa shape index (κ3) is 2.35. The van der Waals surface area contributed by atoms with Crippen molar-refractivity contribution in [3.63, 3.8) is 0 Å². The van der Waals surface area contributed by atoms with E-state index in [2.05, 4.69) is 6.07 Å². The van der Waals surface area contributed by atoms with Gasteiger partial charge in [0.25, 0.3) is 0 Å². The fourth-order valence-corrected chi connectivity index (χ4v) is 2.78. The summed E-state index contributed by atoms with van der Waals surface area (Å²) in [6.07, 6.45) is 0. The van der Waals surface area contributed by atoms with E-state index in [-0.39, 0.29) is 0 Å². The summed E-state index contributed by atoms with van der Waals surface area (Å²) in [5, 5.41) is 10.7. The molecule has 104 valence electrons. The minimum atomic E-state index is 0.474. The van der Waals surface area contributed by atoms with Crippen LogP contribution in [0.3, 0.4) is 0 Å². The summed E-state index contributed by atoms with van der Waals surface area (Å²) in [5.74, 6) is 0.806. The van der Waals surface area contributed by atoms with E-state index in [0.717, 1.165) is 22.2 Å². The van der Waals surface area contributed by atoms with Gasteiger partial charge in [-0.25, -0.2) is 0 Å². The number of hydrogen-bond donors (Lipinski definition) is 0. The summed E-state index contributed by atoms with van der Waals surface area (Å²) < 4.78 is 7.19. The zero-order valence-corrected chi connectivity index (χ0v) is 12.3. The molecule has 0 aliphatic heterocycles. The summed E-state index contributed by atoms with van der Waals surface area (Å²) in [4.78, 5) is 0. The van der Waals surface area contributed by atoms with Gasteiger partial charge in [0, 0.05) is 11.9 Å². The summed E-state index contributed by atoms with van der Waals surface area (Å²) in [7, 11) is 1.64. The molecule has 0 aliphatic carbocycles. The number of halogens is 1. The van der Waals surface area contributed by atoms with Crippen molar-refractivity contribution < 1.29 is 4.74 Å². The van der Waals surface area contributed by atoms with Crippen molar-refractivity contribution in [2.75, 3.05) is 7.11 Å². The number of fused-ring (bicyclic) bond motifs is 1. The molecule has 3 aromatic rings. The first-order valence-electron chi connectivity index (χ1n) is 6.54. The SMILES string of the molecule is COc1cccc(Cn2c(Cl)c(C#N)c3ccccc32)c1. The molecule has 3 nitrogen and oxygen atoms in total. The molecule has 1 heterocycles. The van der Waals surface area contributed by atoms with Gasteiger partial charge in [0.2, 0.25) is 0 Å². The van der Waals surface area contributed by atoms with Crippen molar-refractivity contribution in [2.45, 2.75) is 6.54 Å². The monoisotopic (exact) mass is 296 g/mol. The Balaban J connectivity index is 2.12. The van der Waals surface area contributed by atoms with Crippen LogP contribution in [-0.2, 0) is 6.54 Å². The fraction of sp³-hybridized carbons (Fsp3) is 0.118. The van der Waals surface area contributed by atoms with E-state index in [0.29, 0.717) is 17.3 Å². The Hall–Kier alpha value is -2.44. The Morgan fingerprint density at radius 1 is 1.19 bits per heavy atom. The van der Waals surface area contributed by atoms with Crippen molar-refractivity contribution in [3.8, 4) is 11.8 Å². The molecule has 0 atom stereocenters. The van der Waals surface area contributed by atoms with E-state index in [1.165, 1.54) is 0 Å². The normalized spacial score (nSPS) is 10.5. The first-order chi connectivity index (χ1) is 10.2. The van der Waals surface area contributed by atoms with E-state index >= 15 is 0 Å². The van der Waals surface area contributed by atoms with Gasteiger partial charge >= 0.3 is 0 Å². The number of benzene rings is 2. The minimum Gasteiger partial charge on any atom is -0.497 e. The van der Waals surface area contributed by atoms with Crippen LogP contribution in [0, 0.1) is 11.3 Å². The number of ether oxygens (including phenoxy) is 1. The standard InChI is InChI=1S/C17H13ClN2O/c1-21-13-6-4-5-12(9-13)11-20-16-8-3-2-7-14(16)15(10-19)17(20)18/h2-9H,11H2,1H3. The molecular formula is C17H13ClN2O. The third-order valence-electron chi connectivity index (χ3n) is 3.49. The molecule has 2 aromatic carbocycles. The van der Waals surface area contributed by atoms with E-state index in [1.807, 2.05) is 53.1 Å². The van der Waals surface area contributed by atoms with Gasteiger partial charge in [-0.05, 0) is 23.8 Å². The van der Waals surface area contributed by atoms with Crippen LogP contribution in [0.5, 0.6) is 5.75 Å². The smallest absolute Gasteiger partial charge is 0.128 e. The first kappa shape index (κ1) is 13.5. The zero-order valence-electron chi connectivity index (χ0n) is 11.5. The lowest BCUT2D eigenvalue weighted by Crippen LogP contribution is -2.00. The Labute approximate surface area is 127 Å². The van der Waals surface area contributed by atoms with Gasteiger partial charge in [-0.3, -0.25) is 0 Å². The van der Waals surface area contributed by atoms with Crippen molar-refractivity contribution >= 4 is 22.5 Å². The summed E-state index contributed by atoms with van der Waals surface area (Å²) >= 11 is 6.39. The molecule has 0 fully saturated rings. The van der Waals surface area contributed by atoms with Gasteiger partial charge in [0.1, 0.15) is 17.0 Å². The van der Waals surface area contributed by atoms with Gasteiger partial charge in [-0.1, -0.05) is 41.9 Å². The van der Waals surface area contributed by atoms with Crippen molar-refractivity contribution in [1.29, 1.82) is 5.26 Å². The molecular weight excluding hydrogens is 284 g/mol. The van der Waals surface area contributed by atoms with Crippen LogP contribution in [-0.4, -0.2) is 11.7 Å². The van der Waals surface area contributed by atoms with E-state index in [9.17, 15) is 5.26 Å². The van der Waals surface area contributed by atoms with Gasteiger partial charge in [-0.15, -0.1) is 0 Å². The molecule has 3 rings (SSSR count). The molecule has 1 aromatic heterocycles. The minimum absolute atomic E-state index is 0.474. The summed E-state index contributed by atoms with van der Waals surface area (Å²) in [6.45, 7) is 0.595. The quantitative estimate of drug-likeness (QED) is 0.725. The number of nitrogens with zero attached hydrogens (tertiary/aromatic N) is 2. The molecule has 0 aliphatic rings. The van der Waals surface area contributed by atoms with Crippen molar-refractivity contribution in [3.05, 3.63) is 64.8 Å². The Morgan fingerprint density at radius 2 is 2.00 bits per heavy atom. The average molecular weight is 297 g/mol. The molecule has 0 N–H and O–H groups in total. The number of hydrogen-bond acceptors (Lipinski definition) is 2. The van der Waals surface area contributed by atoms with Crippen LogP contribution < -0.4 is 4.74 Å². The van der Waals surface area contributed by atoms with Crippen LogP contribution in [0.25, 0.3) is 10.9 Å². The Bertz CT molecular complexity index is 846. The number of para-hydroxylation sites is 1. The maximum atomic E-state index is 9.31. The maximum Gasteiger partial charge on any atom is 0.128 e. The van der Waals surface area contributed by atoms with Gasteiger partial charge in [0.05, 0.1) is 18.2 Å². The topological polar surface area (TPSA) is 38.0 Å². The Kier molecular flexibility index (Phi) is 3.55. The highest BCUT2D eigenvalue weighted by Gasteiger charge is 2.15. The van der Waals surface area contributed by atoms with Gasteiger partial charge in [-0.2, -0.15) is 5.26 Å². The highest BCUT2D eigenvalue weighted by atomic mass is 35.5. The fourth-order valence-electron chi connectivity index (χ4n) is 2.49. The van der Waals surface area contributed by atoms with Crippen LogP contribution in [0.4, 0.5) is 0 Å². The molecule has 0 unspecified atom stereocenters. The number of rotatable bonds is 3. The lowest BCUT2D eigenvalue weighted by molar-refractivity contribution is 0.414. The predicted molar refractivity (Wildman–Crippen MR) is 83.8 cm³/mol. The molecule has 4 heteroatoms. The van der Waals surface area contributed by atoms with Crippen LogP contribution in [0.1, 0.15) is 11.1 Å². The highest BCUT2D eigenvalue weighted by Crippen LogP contribution is 2.30. The third-order valence-corrected chi connectivity index (χ3v) is 3.89. The highest BCUT2D eigenvalue weighted by molar-refractivity contribution is 6.32. The number of aromatic nitrogens is 1. The Morgan fingerprint density at radius 3 is 2.76 bits per heavy atom. The molecule has 0 amide bonds. The first-order valence-corrected chi connectivity index (χ1v) is 6.92. The maximum absolute atomic E-state index is 9.31. The summed E-state index contributed by atoms with van der Waals surface area (Å²) in [6, 6.07) is 17.8. The molecule has 0 radical (unpaired) electrons. The molecule has 0 saturated carbocycles. The van der Waals surface area contributed by atoms with Crippen LogP contribution in [0.2, 0.25) is 5.15 Å². The second-order valence-corrected chi connectivity index (χ2v) is 5.09. The molecule has 21 heavy (non-hydrogen) atoms. The number of nitriles is 1. The molecule has 0 spiro atoms. The van der Waals surface area contributed by atoms with E-state index in [4.69, 9.17) is 16.3 Å². The van der Waals surface area contributed by atoms with Crippen molar-refractivity contribution in [2.24, 2.45) is 0 Å². The van der Waals surface area contributed by atoms with Gasteiger partial charge < -0.3 is 9.30 Å². The predicted octanol–water partition coefficient (Wildman–Crippen LogP) is 4.22. The van der Waals surface area contributed by atoms with E-state index < -0.39 is 0 Å². The largest absolute Gasteiger partial charge is 0.497 e. The lowest BCUT2D eigenvalue weighted by Gasteiger charge is -2.08. The summed E-state index contributed by atoms with van der Waals surface area (Å²) in [5.41, 5.74) is 2.55.